The molecule has 0 atom stereocenters. The first kappa shape index (κ1) is 13.1. The van der Waals surface area contributed by atoms with Gasteiger partial charge in [0.25, 0.3) is 0 Å². The SMILES string of the molecule is Nc1cccc(-c2cnn(-c3ncc(Cl)cc3Br)c2)c1. The monoisotopic (exact) mass is 348 g/mol. The number of aromatic nitrogens is 3. The van der Waals surface area contributed by atoms with Crippen LogP contribution in [0.4, 0.5) is 5.69 Å². The molecular formula is C14H10BrClN4. The van der Waals surface area contributed by atoms with Crippen molar-refractivity contribution in [1.82, 2.24) is 14.8 Å². The third kappa shape index (κ3) is 2.55. The fourth-order valence-electron chi connectivity index (χ4n) is 1.88. The largest absolute Gasteiger partial charge is 0.399 e. The van der Waals surface area contributed by atoms with Gasteiger partial charge in [-0.2, -0.15) is 5.10 Å². The number of rotatable bonds is 2. The Morgan fingerprint density at radius 2 is 2.00 bits per heavy atom. The summed E-state index contributed by atoms with van der Waals surface area (Å²) in [6.07, 6.45) is 5.26. The van der Waals surface area contributed by atoms with E-state index < -0.39 is 0 Å². The number of nitrogen functional groups attached to an aromatic ring is 1. The summed E-state index contributed by atoms with van der Waals surface area (Å²) >= 11 is 9.32. The molecule has 1 aromatic carbocycles. The fraction of sp³-hybridized carbons (Fsp3) is 0. The van der Waals surface area contributed by atoms with Crippen molar-refractivity contribution in [3.05, 3.63) is 58.4 Å². The van der Waals surface area contributed by atoms with E-state index >= 15 is 0 Å². The average molecular weight is 350 g/mol. The van der Waals surface area contributed by atoms with E-state index in [0.717, 1.165) is 21.3 Å². The van der Waals surface area contributed by atoms with Crippen LogP contribution in [0, 0.1) is 0 Å². The van der Waals surface area contributed by atoms with Crippen molar-refractivity contribution in [1.29, 1.82) is 0 Å². The van der Waals surface area contributed by atoms with Gasteiger partial charge in [0.05, 0.1) is 15.7 Å². The molecule has 3 aromatic rings. The van der Waals surface area contributed by atoms with Crippen molar-refractivity contribution >= 4 is 33.2 Å². The van der Waals surface area contributed by atoms with Gasteiger partial charge in [0.2, 0.25) is 0 Å². The lowest BCUT2D eigenvalue weighted by Crippen LogP contribution is -1.98. The lowest BCUT2D eigenvalue weighted by molar-refractivity contribution is 0.842. The zero-order chi connectivity index (χ0) is 14.1. The average Bonchev–Trinajstić information content (AvgIpc) is 2.88. The van der Waals surface area contributed by atoms with Crippen LogP contribution in [-0.4, -0.2) is 14.8 Å². The predicted molar refractivity (Wildman–Crippen MR) is 83.9 cm³/mol. The minimum absolute atomic E-state index is 0.573. The number of anilines is 1. The molecule has 2 aromatic heterocycles. The zero-order valence-corrected chi connectivity index (χ0v) is 12.6. The van der Waals surface area contributed by atoms with Crippen LogP contribution in [0.3, 0.4) is 0 Å². The Morgan fingerprint density at radius 3 is 2.75 bits per heavy atom. The van der Waals surface area contributed by atoms with Crippen LogP contribution in [0.15, 0.2) is 53.4 Å². The molecule has 4 nitrogen and oxygen atoms in total. The van der Waals surface area contributed by atoms with E-state index in [2.05, 4.69) is 26.0 Å². The van der Waals surface area contributed by atoms with E-state index in [9.17, 15) is 0 Å². The molecule has 0 amide bonds. The molecule has 3 rings (SSSR count). The van der Waals surface area contributed by atoms with Gasteiger partial charge in [0.1, 0.15) is 0 Å². The topological polar surface area (TPSA) is 56.7 Å². The molecule has 0 aliphatic heterocycles. The minimum atomic E-state index is 0.573. The zero-order valence-electron chi connectivity index (χ0n) is 10.3. The van der Waals surface area contributed by atoms with E-state index in [1.54, 1.807) is 23.1 Å². The van der Waals surface area contributed by atoms with Gasteiger partial charge in [0, 0.05) is 23.6 Å². The van der Waals surface area contributed by atoms with Crippen LogP contribution >= 0.6 is 27.5 Å². The fourth-order valence-corrected chi connectivity index (χ4v) is 2.70. The second-order valence-electron chi connectivity index (χ2n) is 4.26. The Balaban J connectivity index is 2.02. The quantitative estimate of drug-likeness (QED) is 0.713. The van der Waals surface area contributed by atoms with Crippen LogP contribution in [0.1, 0.15) is 0 Å². The molecule has 0 bridgehead atoms. The van der Waals surface area contributed by atoms with Crippen molar-refractivity contribution in [3.63, 3.8) is 0 Å². The third-order valence-corrected chi connectivity index (χ3v) is 3.60. The first-order valence-corrected chi connectivity index (χ1v) is 7.02. The standard InChI is InChI=1S/C14H10BrClN4/c15-13-5-11(16)7-18-14(13)20-8-10(6-19-20)9-2-1-3-12(17)4-9/h1-8H,17H2. The van der Waals surface area contributed by atoms with E-state index in [0.29, 0.717) is 10.8 Å². The van der Waals surface area contributed by atoms with Crippen molar-refractivity contribution in [2.45, 2.75) is 0 Å². The van der Waals surface area contributed by atoms with Gasteiger partial charge in [-0.05, 0) is 39.7 Å². The van der Waals surface area contributed by atoms with Gasteiger partial charge < -0.3 is 5.73 Å². The van der Waals surface area contributed by atoms with Crippen LogP contribution < -0.4 is 5.73 Å². The van der Waals surface area contributed by atoms with E-state index in [1.807, 2.05) is 30.5 Å². The molecular weight excluding hydrogens is 340 g/mol. The molecule has 0 unspecified atom stereocenters. The van der Waals surface area contributed by atoms with Crippen molar-refractivity contribution in [2.75, 3.05) is 5.73 Å². The number of pyridine rings is 1. The van der Waals surface area contributed by atoms with Crippen LogP contribution in [0.2, 0.25) is 5.02 Å². The minimum Gasteiger partial charge on any atom is -0.399 e. The maximum Gasteiger partial charge on any atom is 0.167 e. The molecule has 0 saturated carbocycles. The molecule has 0 spiro atoms. The molecule has 0 fully saturated rings. The summed E-state index contributed by atoms with van der Waals surface area (Å²) < 4.78 is 2.48. The highest BCUT2D eigenvalue weighted by atomic mass is 79.9. The number of hydrogen-bond acceptors (Lipinski definition) is 3. The van der Waals surface area contributed by atoms with Crippen molar-refractivity contribution < 1.29 is 0 Å². The highest BCUT2D eigenvalue weighted by Gasteiger charge is 2.08. The van der Waals surface area contributed by atoms with Crippen LogP contribution in [-0.2, 0) is 0 Å². The number of nitrogens with zero attached hydrogens (tertiary/aromatic N) is 3. The highest BCUT2D eigenvalue weighted by Crippen LogP contribution is 2.25. The van der Waals surface area contributed by atoms with Gasteiger partial charge >= 0.3 is 0 Å². The van der Waals surface area contributed by atoms with Gasteiger partial charge in [-0.3, -0.25) is 0 Å². The van der Waals surface area contributed by atoms with Gasteiger partial charge in [-0.1, -0.05) is 23.7 Å². The van der Waals surface area contributed by atoms with Crippen molar-refractivity contribution in [3.8, 4) is 16.9 Å². The molecule has 0 aliphatic carbocycles. The summed E-state index contributed by atoms with van der Waals surface area (Å²) in [5.74, 6) is 0.685. The Bertz CT molecular complexity index is 769. The highest BCUT2D eigenvalue weighted by molar-refractivity contribution is 9.10. The Morgan fingerprint density at radius 1 is 1.15 bits per heavy atom. The maximum atomic E-state index is 5.89. The number of benzene rings is 1. The maximum absolute atomic E-state index is 5.89. The molecule has 0 radical (unpaired) electrons. The number of hydrogen-bond donors (Lipinski definition) is 1. The molecule has 6 heteroatoms. The van der Waals surface area contributed by atoms with Gasteiger partial charge in [-0.15, -0.1) is 0 Å². The second kappa shape index (κ2) is 5.26. The lowest BCUT2D eigenvalue weighted by atomic mass is 10.1. The number of nitrogens with two attached hydrogens (primary N) is 1. The molecule has 100 valence electrons. The molecule has 2 N–H and O–H groups in total. The summed E-state index contributed by atoms with van der Waals surface area (Å²) in [5, 5.41) is 4.90. The Labute approximate surface area is 129 Å². The van der Waals surface area contributed by atoms with E-state index in [1.165, 1.54) is 0 Å². The molecule has 0 aliphatic rings. The third-order valence-electron chi connectivity index (χ3n) is 2.81. The van der Waals surface area contributed by atoms with Crippen LogP contribution in [0.25, 0.3) is 16.9 Å². The first-order valence-electron chi connectivity index (χ1n) is 5.85. The summed E-state index contributed by atoms with van der Waals surface area (Å²) in [5.41, 5.74) is 8.50. The van der Waals surface area contributed by atoms with Crippen LogP contribution in [0.5, 0.6) is 0 Å². The van der Waals surface area contributed by atoms with Crippen molar-refractivity contribution in [2.24, 2.45) is 0 Å². The summed E-state index contributed by atoms with van der Waals surface area (Å²) in [6.45, 7) is 0. The lowest BCUT2D eigenvalue weighted by Gasteiger charge is -2.03. The first-order chi connectivity index (χ1) is 9.63. The Hall–Kier alpha value is -1.85. The molecule has 0 saturated heterocycles. The Kier molecular flexibility index (Phi) is 3.46. The van der Waals surface area contributed by atoms with Gasteiger partial charge in [-0.25, -0.2) is 9.67 Å². The molecule has 2 heterocycles. The van der Waals surface area contributed by atoms with E-state index in [-0.39, 0.29) is 0 Å². The molecule has 20 heavy (non-hydrogen) atoms. The second-order valence-corrected chi connectivity index (χ2v) is 5.55. The summed E-state index contributed by atoms with van der Waals surface area (Å²) in [7, 11) is 0. The summed E-state index contributed by atoms with van der Waals surface area (Å²) in [4.78, 5) is 4.27. The number of halogens is 2. The van der Waals surface area contributed by atoms with Gasteiger partial charge in [0.15, 0.2) is 5.82 Å². The normalized spacial score (nSPS) is 10.7. The predicted octanol–water partition coefficient (Wildman–Crippen LogP) is 3.93. The smallest absolute Gasteiger partial charge is 0.167 e. The summed E-state index contributed by atoms with van der Waals surface area (Å²) in [6, 6.07) is 9.45. The van der Waals surface area contributed by atoms with E-state index in [4.69, 9.17) is 17.3 Å².